The van der Waals surface area contributed by atoms with Crippen LogP contribution in [0.5, 0.6) is 0 Å². The summed E-state index contributed by atoms with van der Waals surface area (Å²) in [7, 11) is -2.71. The van der Waals surface area contributed by atoms with Crippen LogP contribution < -0.4 is 0 Å². The highest BCUT2D eigenvalue weighted by atomic mass is 32.2. The predicted molar refractivity (Wildman–Crippen MR) is 86.5 cm³/mol. The van der Waals surface area contributed by atoms with E-state index >= 15 is 0 Å². The van der Waals surface area contributed by atoms with Crippen molar-refractivity contribution >= 4 is 15.9 Å². The fourth-order valence-electron chi connectivity index (χ4n) is 2.32. The van der Waals surface area contributed by atoms with Crippen LogP contribution in [0.4, 0.5) is 26.3 Å². The minimum absolute atomic E-state index is 0.0461. The molecule has 0 radical (unpaired) electrons. The van der Waals surface area contributed by atoms with E-state index in [9.17, 15) is 34.8 Å². The Morgan fingerprint density at radius 2 is 1.78 bits per heavy atom. The number of allylic oxidation sites excluding steroid dienone is 1. The lowest BCUT2D eigenvalue weighted by Gasteiger charge is -2.14. The van der Waals surface area contributed by atoms with E-state index < -0.39 is 38.4 Å². The second kappa shape index (κ2) is 7.02. The number of hydrogen-bond donors (Lipinski definition) is 0. The molecular formula is C16H14F6N2O2S. The van der Waals surface area contributed by atoms with E-state index in [1.807, 2.05) is 0 Å². The van der Waals surface area contributed by atoms with Crippen LogP contribution in [-0.4, -0.2) is 29.9 Å². The maximum Gasteiger partial charge on any atom is 0.416 e. The average molecular weight is 412 g/mol. The summed E-state index contributed by atoms with van der Waals surface area (Å²) in [5, 5.41) is 0. The standard InChI is InChI=1S/C16H14F6N2O2S/c1-3-27(25,26)13-8-10(16(20,21)22)4-5-11(13)12-9-23-14(24(12)2)6-7-15(17,18)19/h4-9H,3H2,1-2H3. The van der Waals surface area contributed by atoms with Crippen LogP contribution >= 0.6 is 0 Å². The minimum Gasteiger partial charge on any atom is -0.328 e. The van der Waals surface area contributed by atoms with E-state index in [1.165, 1.54) is 18.5 Å². The van der Waals surface area contributed by atoms with Gasteiger partial charge in [0.1, 0.15) is 5.82 Å². The van der Waals surface area contributed by atoms with Gasteiger partial charge in [-0.3, -0.25) is 0 Å². The highest BCUT2D eigenvalue weighted by molar-refractivity contribution is 7.91. The lowest BCUT2D eigenvalue weighted by atomic mass is 10.1. The van der Waals surface area contributed by atoms with Crippen LogP contribution in [-0.2, 0) is 23.1 Å². The summed E-state index contributed by atoms with van der Waals surface area (Å²) in [5.41, 5.74) is -1.15. The van der Waals surface area contributed by atoms with Gasteiger partial charge in [0.2, 0.25) is 0 Å². The van der Waals surface area contributed by atoms with Crippen LogP contribution in [0.3, 0.4) is 0 Å². The van der Waals surface area contributed by atoms with Gasteiger partial charge in [-0.1, -0.05) is 13.0 Å². The third-order valence-electron chi connectivity index (χ3n) is 3.75. The summed E-state index contributed by atoms with van der Waals surface area (Å²) in [4.78, 5) is 3.21. The molecule has 0 spiro atoms. The molecule has 27 heavy (non-hydrogen) atoms. The van der Waals surface area contributed by atoms with Crippen molar-refractivity contribution in [1.82, 2.24) is 9.55 Å². The molecule has 0 aliphatic heterocycles. The van der Waals surface area contributed by atoms with Gasteiger partial charge in [-0.15, -0.1) is 0 Å². The molecule has 0 saturated carbocycles. The third-order valence-corrected chi connectivity index (χ3v) is 5.51. The maximum absolute atomic E-state index is 13.0. The SMILES string of the molecule is CCS(=O)(=O)c1cc(C(F)(F)F)ccc1-c1cnc(C=CC(F)(F)F)n1C. The molecule has 148 valence electrons. The normalized spacial score (nSPS) is 13.5. The van der Waals surface area contributed by atoms with Gasteiger partial charge in [-0.25, -0.2) is 13.4 Å². The van der Waals surface area contributed by atoms with Crippen molar-refractivity contribution in [3.8, 4) is 11.3 Å². The minimum atomic E-state index is -4.75. The molecule has 11 heteroatoms. The lowest BCUT2D eigenvalue weighted by molar-refractivity contribution is -0.137. The number of halogens is 6. The van der Waals surface area contributed by atoms with Crippen molar-refractivity contribution in [2.75, 3.05) is 5.75 Å². The first-order valence-electron chi connectivity index (χ1n) is 7.48. The summed E-state index contributed by atoms with van der Waals surface area (Å²) in [6.45, 7) is 1.28. The molecule has 0 unspecified atom stereocenters. The van der Waals surface area contributed by atoms with Gasteiger partial charge in [-0.2, -0.15) is 26.3 Å². The Hall–Kier alpha value is -2.30. The number of aromatic nitrogens is 2. The highest BCUT2D eigenvalue weighted by Gasteiger charge is 2.33. The van der Waals surface area contributed by atoms with Crippen LogP contribution in [0.1, 0.15) is 18.3 Å². The molecule has 2 rings (SSSR count). The predicted octanol–water partition coefficient (Wildman–Crippen LogP) is 4.48. The molecule has 1 aromatic heterocycles. The van der Waals surface area contributed by atoms with Gasteiger partial charge in [0.15, 0.2) is 9.84 Å². The molecule has 0 amide bonds. The Labute approximate surface area is 151 Å². The van der Waals surface area contributed by atoms with Crippen molar-refractivity contribution < 1.29 is 34.8 Å². The Balaban J connectivity index is 2.66. The zero-order valence-electron chi connectivity index (χ0n) is 14.1. The fourth-order valence-corrected chi connectivity index (χ4v) is 3.45. The van der Waals surface area contributed by atoms with Crippen LogP contribution in [0.2, 0.25) is 0 Å². The fraction of sp³-hybridized carbons (Fsp3) is 0.312. The van der Waals surface area contributed by atoms with Gasteiger partial charge < -0.3 is 4.57 Å². The van der Waals surface area contributed by atoms with Gasteiger partial charge >= 0.3 is 12.4 Å². The molecule has 0 saturated heterocycles. The van der Waals surface area contributed by atoms with E-state index in [1.54, 1.807) is 0 Å². The maximum atomic E-state index is 13.0. The van der Waals surface area contributed by atoms with Crippen molar-refractivity contribution in [2.45, 2.75) is 24.2 Å². The number of benzene rings is 1. The molecule has 1 aromatic carbocycles. The molecule has 0 aliphatic carbocycles. The van der Waals surface area contributed by atoms with E-state index in [0.717, 1.165) is 12.3 Å². The Morgan fingerprint density at radius 3 is 2.30 bits per heavy atom. The first-order chi connectivity index (χ1) is 12.3. The van der Waals surface area contributed by atoms with Crippen molar-refractivity contribution in [3.05, 3.63) is 41.9 Å². The molecule has 0 bridgehead atoms. The molecule has 4 nitrogen and oxygen atoms in total. The number of sulfone groups is 1. The van der Waals surface area contributed by atoms with Crippen LogP contribution in [0.25, 0.3) is 17.3 Å². The van der Waals surface area contributed by atoms with Crippen LogP contribution in [0.15, 0.2) is 35.4 Å². The van der Waals surface area contributed by atoms with E-state index in [4.69, 9.17) is 0 Å². The summed E-state index contributed by atoms with van der Waals surface area (Å²) in [5.74, 6) is -0.581. The second-order valence-electron chi connectivity index (χ2n) is 5.55. The van der Waals surface area contributed by atoms with Gasteiger partial charge in [0, 0.05) is 18.7 Å². The summed E-state index contributed by atoms with van der Waals surface area (Å²) in [6.07, 6.45) is -7.58. The van der Waals surface area contributed by atoms with Crippen molar-refractivity contribution in [1.29, 1.82) is 0 Å². The lowest BCUT2D eigenvalue weighted by Crippen LogP contribution is -2.11. The quantitative estimate of drug-likeness (QED) is 0.696. The zero-order valence-corrected chi connectivity index (χ0v) is 14.9. The summed E-state index contributed by atoms with van der Waals surface area (Å²) in [6, 6.07) is 2.20. The molecule has 0 N–H and O–H groups in total. The monoisotopic (exact) mass is 412 g/mol. The van der Waals surface area contributed by atoms with E-state index in [0.29, 0.717) is 18.2 Å². The second-order valence-corrected chi connectivity index (χ2v) is 7.79. The summed E-state index contributed by atoms with van der Waals surface area (Å²) < 4.78 is 102. The van der Waals surface area contributed by atoms with E-state index in [-0.39, 0.29) is 23.2 Å². The number of nitrogens with zero attached hydrogens (tertiary/aromatic N) is 2. The highest BCUT2D eigenvalue weighted by Crippen LogP contribution is 2.36. The molecular weight excluding hydrogens is 398 g/mol. The number of alkyl halides is 6. The molecule has 0 atom stereocenters. The summed E-state index contributed by atoms with van der Waals surface area (Å²) >= 11 is 0. The van der Waals surface area contributed by atoms with Gasteiger partial charge in [0.05, 0.1) is 28.1 Å². The zero-order chi connectivity index (χ0) is 20.6. The Morgan fingerprint density at radius 1 is 1.15 bits per heavy atom. The average Bonchev–Trinajstić information content (AvgIpc) is 2.91. The number of imidazole rings is 1. The first kappa shape index (κ1) is 21.0. The smallest absolute Gasteiger partial charge is 0.328 e. The number of hydrogen-bond acceptors (Lipinski definition) is 3. The largest absolute Gasteiger partial charge is 0.416 e. The molecule has 1 heterocycles. The first-order valence-corrected chi connectivity index (χ1v) is 9.13. The van der Waals surface area contributed by atoms with Crippen LogP contribution in [0, 0.1) is 0 Å². The van der Waals surface area contributed by atoms with E-state index in [2.05, 4.69) is 4.98 Å². The molecule has 0 fully saturated rings. The Kier molecular flexibility index (Phi) is 5.46. The van der Waals surface area contributed by atoms with Crippen molar-refractivity contribution in [2.24, 2.45) is 7.05 Å². The van der Waals surface area contributed by atoms with Gasteiger partial charge in [0.25, 0.3) is 0 Å². The van der Waals surface area contributed by atoms with Gasteiger partial charge in [-0.05, 0) is 18.2 Å². The Bertz CT molecular complexity index is 972. The number of rotatable bonds is 4. The molecule has 0 aliphatic rings. The van der Waals surface area contributed by atoms with Crippen molar-refractivity contribution in [3.63, 3.8) is 0 Å². The topological polar surface area (TPSA) is 52.0 Å². The third kappa shape index (κ3) is 4.71. The molecule has 2 aromatic rings.